The van der Waals surface area contributed by atoms with E-state index in [4.69, 9.17) is 28.3 Å². The van der Waals surface area contributed by atoms with E-state index in [1.165, 1.54) is 10.6 Å². The van der Waals surface area contributed by atoms with Crippen LogP contribution in [0.2, 0.25) is 10.0 Å². The summed E-state index contributed by atoms with van der Waals surface area (Å²) in [6.07, 6.45) is 2.83. The number of aliphatic hydroxyl groups is 2. The second kappa shape index (κ2) is 12.6. The van der Waals surface area contributed by atoms with Crippen LogP contribution in [0.3, 0.4) is 0 Å². The molecule has 37 heavy (non-hydrogen) atoms. The molecule has 0 radical (unpaired) electrons. The summed E-state index contributed by atoms with van der Waals surface area (Å²) < 4.78 is 0. The number of carboxylic acids is 1. The van der Waals surface area contributed by atoms with Crippen LogP contribution >= 0.6 is 23.2 Å². The van der Waals surface area contributed by atoms with Crippen LogP contribution in [0.15, 0.2) is 42.5 Å². The summed E-state index contributed by atoms with van der Waals surface area (Å²) >= 11 is 12.5. The molecule has 4 atom stereocenters. The molecule has 1 saturated heterocycles. The van der Waals surface area contributed by atoms with E-state index in [1.807, 2.05) is 24.3 Å². The number of hydrazine groups is 1. The Morgan fingerprint density at radius 3 is 2.19 bits per heavy atom. The van der Waals surface area contributed by atoms with E-state index in [2.05, 4.69) is 12.1 Å². The Labute approximate surface area is 227 Å². The summed E-state index contributed by atoms with van der Waals surface area (Å²) in [6.45, 7) is 0.348. The average Bonchev–Trinajstić information content (AvgIpc) is 3.40. The Bertz CT molecular complexity index is 1100. The molecule has 3 N–H and O–H groups in total. The third kappa shape index (κ3) is 6.65. The van der Waals surface area contributed by atoms with E-state index in [1.54, 1.807) is 11.1 Å². The zero-order chi connectivity index (χ0) is 26.5. The second-order valence-corrected chi connectivity index (χ2v) is 10.8. The van der Waals surface area contributed by atoms with E-state index in [-0.39, 0.29) is 30.6 Å². The van der Waals surface area contributed by atoms with Gasteiger partial charge in [0.05, 0.1) is 10.0 Å². The fraction of sp³-hybridized carbons (Fsp3) is 0.500. The van der Waals surface area contributed by atoms with Crippen molar-refractivity contribution in [3.05, 3.63) is 69.2 Å². The summed E-state index contributed by atoms with van der Waals surface area (Å²) in [4.78, 5) is 24.1. The van der Waals surface area contributed by atoms with Gasteiger partial charge in [0.1, 0.15) is 12.5 Å². The largest absolute Gasteiger partial charge is 0.481 e. The number of fused-ring (bicyclic) bond motifs is 1. The summed E-state index contributed by atoms with van der Waals surface area (Å²) in [5.41, 5.74) is 3.39. The lowest BCUT2D eigenvalue weighted by Gasteiger charge is -2.38. The highest BCUT2D eigenvalue weighted by Gasteiger charge is 2.40. The number of benzene rings is 2. The molecule has 9 heteroatoms. The quantitative estimate of drug-likeness (QED) is 0.320. The third-order valence-corrected chi connectivity index (χ3v) is 8.20. The van der Waals surface area contributed by atoms with E-state index >= 15 is 0 Å². The molecule has 2 unspecified atom stereocenters. The lowest BCUT2D eigenvalue weighted by molar-refractivity contribution is -0.197. The number of carbonyl (C=O) groups excluding carboxylic acids is 1. The van der Waals surface area contributed by atoms with E-state index in [9.17, 15) is 19.8 Å². The molecule has 7 nitrogen and oxygen atoms in total. The summed E-state index contributed by atoms with van der Waals surface area (Å²) in [7, 11) is 0. The Hall–Kier alpha value is -2.16. The number of nitrogens with zero attached hydrogens (tertiary/aromatic N) is 2. The van der Waals surface area contributed by atoms with Crippen molar-refractivity contribution < 1.29 is 24.9 Å². The molecule has 1 heterocycles. The molecule has 4 rings (SSSR count). The Morgan fingerprint density at radius 2 is 1.54 bits per heavy atom. The van der Waals surface area contributed by atoms with Crippen LogP contribution in [-0.4, -0.2) is 56.2 Å². The van der Waals surface area contributed by atoms with Gasteiger partial charge in [0.15, 0.2) is 0 Å². The van der Waals surface area contributed by atoms with Gasteiger partial charge in [-0.25, -0.2) is 0 Å². The number of hydrogen-bond donors (Lipinski definition) is 3. The Balaban J connectivity index is 1.51. The van der Waals surface area contributed by atoms with Gasteiger partial charge in [-0.15, -0.1) is 0 Å². The number of aliphatic carboxylic acids is 1. The summed E-state index contributed by atoms with van der Waals surface area (Å²) in [5, 5.41) is 34.0. The number of amides is 1. The minimum atomic E-state index is -0.919. The SMILES string of the molecule is O=C(O)CCCCCCC(=O)N(C[C@@H]1C[C@@H](c2ccc(Cl)c(Cl)c2)c2ccccc21)N1C(O)CCC1O. The topological polar surface area (TPSA) is 101 Å². The molecule has 0 aromatic heterocycles. The van der Waals surface area contributed by atoms with Crippen LogP contribution in [0.4, 0.5) is 0 Å². The molecule has 2 aliphatic rings. The van der Waals surface area contributed by atoms with Crippen LogP contribution in [-0.2, 0) is 9.59 Å². The first-order chi connectivity index (χ1) is 17.8. The van der Waals surface area contributed by atoms with Gasteiger partial charge in [-0.3, -0.25) is 14.6 Å². The Kier molecular flexibility index (Phi) is 9.48. The third-order valence-electron chi connectivity index (χ3n) is 7.46. The predicted octanol–water partition coefficient (Wildman–Crippen LogP) is 5.51. The first-order valence-electron chi connectivity index (χ1n) is 13.0. The molecule has 0 saturated carbocycles. The zero-order valence-corrected chi connectivity index (χ0v) is 22.2. The lowest BCUT2D eigenvalue weighted by Crippen LogP contribution is -2.53. The van der Waals surface area contributed by atoms with E-state index in [0.717, 1.165) is 30.4 Å². The summed E-state index contributed by atoms with van der Waals surface area (Å²) in [5.74, 6) is -0.852. The van der Waals surface area contributed by atoms with Crippen molar-refractivity contribution in [1.82, 2.24) is 10.0 Å². The highest BCUT2D eigenvalue weighted by atomic mass is 35.5. The minimum Gasteiger partial charge on any atom is -0.481 e. The highest BCUT2D eigenvalue weighted by molar-refractivity contribution is 6.42. The molecule has 2 aromatic rings. The first-order valence-corrected chi connectivity index (χ1v) is 13.7. The van der Waals surface area contributed by atoms with Gasteiger partial charge < -0.3 is 15.3 Å². The molecular weight excluding hydrogens is 515 g/mol. The number of carboxylic acid groups (broad SMARTS) is 1. The number of hydrogen-bond acceptors (Lipinski definition) is 5. The van der Waals surface area contributed by atoms with Crippen molar-refractivity contribution >= 4 is 35.1 Å². The number of aliphatic hydroxyl groups excluding tert-OH is 2. The maximum absolute atomic E-state index is 13.4. The van der Waals surface area contributed by atoms with Crippen LogP contribution in [0.25, 0.3) is 0 Å². The number of carbonyl (C=O) groups is 2. The van der Waals surface area contributed by atoms with Crippen molar-refractivity contribution in [3.63, 3.8) is 0 Å². The van der Waals surface area contributed by atoms with Crippen molar-refractivity contribution in [2.24, 2.45) is 0 Å². The van der Waals surface area contributed by atoms with Gasteiger partial charge in [0, 0.05) is 31.2 Å². The maximum atomic E-state index is 13.4. The van der Waals surface area contributed by atoms with Gasteiger partial charge >= 0.3 is 5.97 Å². The molecule has 1 aliphatic heterocycles. The van der Waals surface area contributed by atoms with Gasteiger partial charge in [-0.2, -0.15) is 5.01 Å². The van der Waals surface area contributed by atoms with Crippen LogP contribution in [0.1, 0.15) is 86.3 Å². The lowest BCUT2D eigenvalue weighted by atomic mass is 9.92. The fourth-order valence-electron chi connectivity index (χ4n) is 5.61. The molecule has 200 valence electrons. The van der Waals surface area contributed by atoms with Crippen molar-refractivity contribution in [1.29, 1.82) is 0 Å². The molecule has 1 fully saturated rings. The van der Waals surface area contributed by atoms with Crippen LogP contribution in [0.5, 0.6) is 0 Å². The van der Waals surface area contributed by atoms with Crippen molar-refractivity contribution in [2.75, 3.05) is 6.54 Å². The van der Waals surface area contributed by atoms with Gasteiger partial charge in [-0.1, -0.05) is 66.4 Å². The number of unbranched alkanes of at least 4 members (excludes halogenated alkanes) is 3. The second-order valence-electron chi connectivity index (χ2n) is 9.99. The molecule has 0 spiro atoms. The average molecular weight is 549 g/mol. The van der Waals surface area contributed by atoms with Gasteiger partial charge in [-0.05, 0) is 60.9 Å². The molecule has 0 bridgehead atoms. The number of halogens is 2. The van der Waals surface area contributed by atoms with Crippen molar-refractivity contribution in [2.45, 2.75) is 82.1 Å². The highest BCUT2D eigenvalue weighted by Crippen LogP contribution is 2.46. The smallest absolute Gasteiger partial charge is 0.303 e. The van der Waals surface area contributed by atoms with Gasteiger partial charge in [0.2, 0.25) is 5.91 Å². The molecular formula is C28H34Cl2N2O5. The molecule has 2 aromatic carbocycles. The molecule has 1 amide bonds. The van der Waals surface area contributed by atoms with Crippen LogP contribution in [0, 0.1) is 0 Å². The van der Waals surface area contributed by atoms with E-state index < -0.39 is 18.4 Å². The first kappa shape index (κ1) is 27.9. The number of rotatable bonds is 11. The summed E-state index contributed by atoms with van der Waals surface area (Å²) in [6, 6.07) is 13.9. The van der Waals surface area contributed by atoms with E-state index in [0.29, 0.717) is 42.3 Å². The minimum absolute atomic E-state index is 0.00942. The maximum Gasteiger partial charge on any atom is 0.303 e. The fourth-order valence-corrected chi connectivity index (χ4v) is 5.91. The van der Waals surface area contributed by atoms with Gasteiger partial charge in [0.25, 0.3) is 0 Å². The Morgan fingerprint density at radius 1 is 0.892 bits per heavy atom. The zero-order valence-electron chi connectivity index (χ0n) is 20.7. The van der Waals surface area contributed by atoms with Crippen LogP contribution < -0.4 is 0 Å². The predicted molar refractivity (Wildman–Crippen MR) is 142 cm³/mol. The molecule has 1 aliphatic carbocycles. The van der Waals surface area contributed by atoms with Crippen molar-refractivity contribution in [3.8, 4) is 0 Å². The monoisotopic (exact) mass is 548 g/mol. The standard InChI is InChI=1S/C28H34Cl2N2O5/c29-23-12-11-18(16-24(23)30)22-15-19(20-7-5-6-8-21(20)22)17-31(32-26(34)13-14-27(32)35)25(33)9-3-1-2-4-10-28(36)37/h5-8,11-12,16,19,22,26-27,34-35H,1-4,9-10,13-15,17H2,(H,36,37)/t19-,22-,26?,27?/m0/s1. The normalized spacial score (nSPS) is 23.2.